The molecule has 2 rings (SSSR count). The molecule has 4 heteroatoms. The number of unbranched alkanes of at least 4 members (excludes halogenated alkanes) is 1. The van der Waals surface area contributed by atoms with Crippen molar-refractivity contribution in [2.45, 2.75) is 45.1 Å². The summed E-state index contributed by atoms with van der Waals surface area (Å²) >= 11 is 0. The molecule has 0 aliphatic carbocycles. The van der Waals surface area contributed by atoms with E-state index in [0.717, 1.165) is 19.4 Å². The molecular weight excluding hydrogens is 291 g/mol. The normalized spacial score (nSPS) is 19.1. The van der Waals surface area contributed by atoms with Crippen LogP contribution in [0.5, 0.6) is 0 Å². The van der Waals surface area contributed by atoms with Gasteiger partial charge in [0.05, 0.1) is 0 Å². The fraction of sp³-hybridized carbons (Fsp3) is 0.526. The summed E-state index contributed by atoms with van der Waals surface area (Å²) < 4.78 is 13.0. The Balaban J connectivity index is 1.59. The van der Waals surface area contributed by atoms with Gasteiger partial charge in [-0.2, -0.15) is 0 Å². The third kappa shape index (κ3) is 6.53. The SMILES string of the molecule is CC1CCCCN1CCCCNC(=O)/C=C/c1cccc(F)c1. The van der Waals surface area contributed by atoms with Gasteiger partial charge in [0.15, 0.2) is 0 Å². The quantitative estimate of drug-likeness (QED) is 0.615. The maximum atomic E-state index is 13.0. The van der Waals surface area contributed by atoms with Crippen molar-refractivity contribution in [3.63, 3.8) is 0 Å². The number of carbonyl (C=O) groups is 1. The molecule has 1 unspecified atom stereocenters. The van der Waals surface area contributed by atoms with Crippen molar-refractivity contribution in [3.05, 3.63) is 41.7 Å². The summed E-state index contributed by atoms with van der Waals surface area (Å²) in [7, 11) is 0. The first kappa shape index (κ1) is 17.7. The number of nitrogens with zero attached hydrogens (tertiary/aromatic N) is 1. The molecule has 1 saturated heterocycles. The van der Waals surface area contributed by atoms with Gasteiger partial charge in [0, 0.05) is 18.7 Å². The minimum atomic E-state index is -0.292. The molecular formula is C19H27FN2O. The molecule has 1 atom stereocenters. The van der Waals surface area contributed by atoms with Gasteiger partial charge in [0.1, 0.15) is 5.82 Å². The highest BCUT2D eigenvalue weighted by molar-refractivity contribution is 5.91. The lowest BCUT2D eigenvalue weighted by Crippen LogP contribution is -2.38. The third-order valence-corrected chi connectivity index (χ3v) is 4.39. The summed E-state index contributed by atoms with van der Waals surface area (Å²) in [6.07, 6.45) is 9.16. The first-order valence-electron chi connectivity index (χ1n) is 8.60. The molecule has 0 radical (unpaired) electrons. The fourth-order valence-corrected chi connectivity index (χ4v) is 2.98. The van der Waals surface area contributed by atoms with Crippen molar-refractivity contribution < 1.29 is 9.18 Å². The monoisotopic (exact) mass is 318 g/mol. The molecule has 0 bridgehead atoms. The zero-order chi connectivity index (χ0) is 16.5. The molecule has 0 spiro atoms. The summed E-state index contributed by atoms with van der Waals surface area (Å²) in [5.41, 5.74) is 0.694. The summed E-state index contributed by atoms with van der Waals surface area (Å²) in [4.78, 5) is 14.3. The van der Waals surface area contributed by atoms with E-state index >= 15 is 0 Å². The van der Waals surface area contributed by atoms with Gasteiger partial charge < -0.3 is 10.2 Å². The number of likely N-dealkylation sites (tertiary alicyclic amines) is 1. The Bertz CT molecular complexity index is 530. The van der Waals surface area contributed by atoms with Crippen LogP contribution in [0.25, 0.3) is 6.08 Å². The van der Waals surface area contributed by atoms with Crippen molar-refractivity contribution in [2.24, 2.45) is 0 Å². The van der Waals surface area contributed by atoms with E-state index in [1.54, 1.807) is 18.2 Å². The number of hydrogen-bond donors (Lipinski definition) is 1. The first-order valence-corrected chi connectivity index (χ1v) is 8.60. The highest BCUT2D eigenvalue weighted by Gasteiger charge is 2.16. The molecule has 1 aliphatic heterocycles. The topological polar surface area (TPSA) is 32.3 Å². The molecule has 1 aromatic carbocycles. The maximum absolute atomic E-state index is 13.0. The number of halogens is 1. The maximum Gasteiger partial charge on any atom is 0.243 e. The number of rotatable bonds is 7. The van der Waals surface area contributed by atoms with Crippen LogP contribution in [0.3, 0.4) is 0 Å². The number of benzene rings is 1. The van der Waals surface area contributed by atoms with Crippen LogP contribution in [-0.4, -0.2) is 36.5 Å². The minimum Gasteiger partial charge on any atom is -0.353 e. The highest BCUT2D eigenvalue weighted by Crippen LogP contribution is 2.16. The average molecular weight is 318 g/mol. The molecule has 1 heterocycles. The predicted molar refractivity (Wildman–Crippen MR) is 92.6 cm³/mol. The number of nitrogens with one attached hydrogen (secondary N) is 1. The van der Waals surface area contributed by atoms with Gasteiger partial charge in [-0.25, -0.2) is 4.39 Å². The highest BCUT2D eigenvalue weighted by atomic mass is 19.1. The number of hydrogen-bond acceptors (Lipinski definition) is 2. The van der Waals surface area contributed by atoms with Crippen LogP contribution >= 0.6 is 0 Å². The molecule has 1 aliphatic rings. The van der Waals surface area contributed by atoms with E-state index in [0.29, 0.717) is 18.2 Å². The second kappa shape index (κ2) is 9.46. The second-order valence-corrected chi connectivity index (χ2v) is 6.27. The Morgan fingerprint density at radius 1 is 1.39 bits per heavy atom. The van der Waals surface area contributed by atoms with Gasteiger partial charge >= 0.3 is 0 Å². The Morgan fingerprint density at radius 3 is 3.04 bits per heavy atom. The van der Waals surface area contributed by atoms with Gasteiger partial charge in [-0.05, 0) is 69.5 Å². The Kier molecular flexibility index (Phi) is 7.27. The lowest BCUT2D eigenvalue weighted by molar-refractivity contribution is -0.116. The largest absolute Gasteiger partial charge is 0.353 e. The predicted octanol–water partition coefficient (Wildman–Crippen LogP) is 3.61. The van der Waals surface area contributed by atoms with E-state index in [1.165, 1.54) is 44.0 Å². The van der Waals surface area contributed by atoms with Gasteiger partial charge in [0.2, 0.25) is 5.91 Å². The van der Waals surface area contributed by atoms with Crippen LogP contribution in [0.15, 0.2) is 30.3 Å². The van der Waals surface area contributed by atoms with E-state index in [2.05, 4.69) is 17.1 Å². The lowest BCUT2D eigenvalue weighted by Gasteiger charge is -2.33. The minimum absolute atomic E-state index is 0.124. The number of carbonyl (C=O) groups excluding carboxylic acids is 1. The molecule has 1 fully saturated rings. The standard InChI is InChI=1S/C19H27FN2O/c1-16-7-2-4-13-22(16)14-5-3-12-21-19(23)11-10-17-8-6-9-18(20)15-17/h6,8-11,15-16H,2-5,7,12-14H2,1H3,(H,21,23)/b11-10+. The summed E-state index contributed by atoms with van der Waals surface area (Å²) in [6, 6.07) is 6.90. The molecule has 23 heavy (non-hydrogen) atoms. The van der Waals surface area contributed by atoms with E-state index < -0.39 is 0 Å². The van der Waals surface area contributed by atoms with Crippen molar-refractivity contribution in [2.75, 3.05) is 19.6 Å². The van der Waals surface area contributed by atoms with Gasteiger partial charge in [0.25, 0.3) is 0 Å². The van der Waals surface area contributed by atoms with Gasteiger partial charge in [-0.3, -0.25) is 4.79 Å². The Labute approximate surface area is 138 Å². The molecule has 1 N–H and O–H groups in total. The van der Waals surface area contributed by atoms with Gasteiger partial charge in [-0.1, -0.05) is 18.6 Å². The van der Waals surface area contributed by atoms with E-state index in [1.807, 2.05) is 0 Å². The van der Waals surface area contributed by atoms with Crippen LogP contribution in [0, 0.1) is 5.82 Å². The third-order valence-electron chi connectivity index (χ3n) is 4.39. The molecule has 1 aromatic rings. The molecule has 126 valence electrons. The summed E-state index contributed by atoms with van der Waals surface area (Å²) in [5, 5.41) is 2.88. The lowest BCUT2D eigenvalue weighted by atomic mass is 10.0. The van der Waals surface area contributed by atoms with Crippen molar-refractivity contribution in [1.82, 2.24) is 10.2 Å². The summed E-state index contributed by atoms with van der Waals surface area (Å²) in [5.74, 6) is -0.417. The van der Waals surface area contributed by atoms with E-state index in [4.69, 9.17) is 0 Å². The van der Waals surface area contributed by atoms with Crippen LogP contribution in [0.4, 0.5) is 4.39 Å². The van der Waals surface area contributed by atoms with Crippen molar-refractivity contribution >= 4 is 12.0 Å². The van der Waals surface area contributed by atoms with E-state index in [9.17, 15) is 9.18 Å². The van der Waals surface area contributed by atoms with Crippen LogP contribution in [-0.2, 0) is 4.79 Å². The zero-order valence-electron chi connectivity index (χ0n) is 13.9. The zero-order valence-corrected chi connectivity index (χ0v) is 13.9. The molecule has 1 amide bonds. The number of piperidine rings is 1. The van der Waals surface area contributed by atoms with E-state index in [-0.39, 0.29) is 11.7 Å². The Hall–Kier alpha value is -1.68. The average Bonchev–Trinajstić information content (AvgIpc) is 2.54. The fourth-order valence-electron chi connectivity index (χ4n) is 2.98. The van der Waals surface area contributed by atoms with Crippen molar-refractivity contribution in [3.8, 4) is 0 Å². The van der Waals surface area contributed by atoms with Crippen LogP contribution < -0.4 is 5.32 Å². The summed E-state index contributed by atoms with van der Waals surface area (Å²) in [6.45, 7) is 5.33. The van der Waals surface area contributed by atoms with Gasteiger partial charge in [-0.15, -0.1) is 0 Å². The van der Waals surface area contributed by atoms with Crippen LogP contribution in [0.1, 0.15) is 44.6 Å². The molecule has 0 aromatic heterocycles. The molecule has 3 nitrogen and oxygen atoms in total. The Morgan fingerprint density at radius 2 is 2.26 bits per heavy atom. The number of amides is 1. The van der Waals surface area contributed by atoms with Crippen molar-refractivity contribution in [1.29, 1.82) is 0 Å². The molecule has 0 saturated carbocycles. The smallest absolute Gasteiger partial charge is 0.243 e. The first-order chi connectivity index (χ1) is 11.1. The van der Waals surface area contributed by atoms with Crippen LogP contribution in [0.2, 0.25) is 0 Å². The second-order valence-electron chi connectivity index (χ2n) is 6.27.